The first-order valence-corrected chi connectivity index (χ1v) is 9.48. The van der Waals surface area contributed by atoms with Crippen LogP contribution in [0, 0.1) is 0 Å². The van der Waals surface area contributed by atoms with Gasteiger partial charge in [-0.1, -0.05) is 0 Å². The number of ether oxygens (including phenoxy) is 4. The first kappa shape index (κ1) is 21.7. The Kier molecular flexibility index (Phi) is 7.38. The number of hydrogen-bond donors (Lipinski definition) is 0. The number of esters is 3. The quantitative estimate of drug-likeness (QED) is 0.387. The fraction of sp³-hybridized carbons (Fsp3) is 0.500. The van der Waals surface area contributed by atoms with Crippen LogP contribution in [-0.2, 0) is 28.6 Å². The molecule has 0 bridgehead atoms. The largest absolute Gasteiger partial charge is 0.474 e. The molecule has 10 heteroatoms. The summed E-state index contributed by atoms with van der Waals surface area (Å²) in [5, 5.41) is 0. The lowest BCUT2D eigenvalue weighted by atomic mass is 10.1. The smallest absolute Gasteiger partial charge is 0.303 e. The van der Waals surface area contributed by atoms with Crippen molar-refractivity contribution in [1.29, 1.82) is 0 Å². The topological polar surface area (TPSA) is 118 Å². The Labute approximate surface area is 166 Å². The lowest BCUT2D eigenvalue weighted by molar-refractivity contribution is -0.186. The Morgan fingerprint density at radius 3 is 2.11 bits per heavy atom. The van der Waals surface area contributed by atoms with Gasteiger partial charge in [0.25, 0.3) is 0 Å². The van der Waals surface area contributed by atoms with Crippen molar-refractivity contribution in [2.75, 3.05) is 5.75 Å². The van der Waals surface area contributed by atoms with Crippen molar-refractivity contribution in [2.45, 2.75) is 51.4 Å². The molecule has 1 unspecified atom stereocenters. The van der Waals surface area contributed by atoms with Crippen LogP contribution >= 0.6 is 11.8 Å². The van der Waals surface area contributed by atoms with Crippen molar-refractivity contribution in [3.05, 3.63) is 24.0 Å². The number of aromatic nitrogens is 1. The number of carbonyl (C=O) groups excluding carboxylic acids is 4. The van der Waals surface area contributed by atoms with Crippen LogP contribution in [-0.4, -0.2) is 58.2 Å². The Morgan fingerprint density at radius 1 is 0.929 bits per heavy atom. The van der Waals surface area contributed by atoms with E-state index in [9.17, 15) is 19.2 Å². The standard InChI is InChI=1S/C18H21NO8S/c1-9(20)13-5-14(7-19-6-13)27-18-17(26-12(4)23)16(25-11(3)22)15(8-28-18)24-10(2)21/h5-7,15-18H,8H2,1-4H3/t15-,16+,17-,18?/m1/s1. The zero-order valence-corrected chi connectivity index (χ0v) is 16.7. The molecule has 0 radical (unpaired) electrons. The molecule has 0 saturated carbocycles. The zero-order valence-electron chi connectivity index (χ0n) is 15.9. The van der Waals surface area contributed by atoms with Crippen molar-refractivity contribution >= 4 is 35.5 Å². The van der Waals surface area contributed by atoms with Crippen molar-refractivity contribution in [3.63, 3.8) is 0 Å². The van der Waals surface area contributed by atoms with Gasteiger partial charge in [-0.05, 0) is 13.0 Å². The maximum Gasteiger partial charge on any atom is 0.303 e. The Balaban J connectivity index is 2.30. The van der Waals surface area contributed by atoms with Crippen molar-refractivity contribution < 1.29 is 38.1 Å². The predicted octanol–water partition coefficient (Wildman–Crippen LogP) is 1.53. The molecule has 152 valence electrons. The average molecular weight is 411 g/mol. The molecular weight excluding hydrogens is 390 g/mol. The maximum absolute atomic E-state index is 11.6. The third-order valence-corrected chi connectivity index (χ3v) is 4.89. The van der Waals surface area contributed by atoms with Crippen LogP contribution in [0.2, 0.25) is 0 Å². The molecule has 1 aliphatic rings. The molecule has 1 aliphatic heterocycles. The monoisotopic (exact) mass is 411 g/mol. The van der Waals surface area contributed by atoms with Gasteiger partial charge >= 0.3 is 17.9 Å². The van der Waals surface area contributed by atoms with Gasteiger partial charge < -0.3 is 18.9 Å². The lowest BCUT2D eigenvalue weighted by Gasteiger charge is -2.39. The molecule has 0 aromatic carbocycles. The van der Waals surface area contributed by atoms with E-state index < -0.39 is 41.7 Å². The van der Waals surface area contributed by atoms with Crippen LogP contribution in [0.15, 0.2) is 18.5 Å². The summed E-state index contributed by atoms with van der Waals surface area (Å²) in [4.78, 5) is 50.1. The van der Waals surface area contributed by atoms with E-state index in [4.69, 9.17) is 18.9 Å². The fourth-order valence-corrected chi connectivity index (χ4v) is 3.84. The fourth-order valence-electron chi connectivity index (χ4n) is 2.62. The van der Waals surface area contributed by atoms with Crippen LogP contribution in [0.25, 0.3) is 0 Å². The summed E-state index contributed by atoms with van der Waals surface area (Å²) in [5.74, 6) is -1.43. The minimum Gasteiger partial charge on any atom is -0.474 e. The number of pyridine rings is 1. The summed E-state index contributed by atoms with van der Waals surface area (Å²) in [7, 11) is 0. The highest BCUT2D eigenvalue weighted by atomic mass is 32.2. The van der Waals surface area contributed by atoms with Gasteiger partial charge in [-0.2, -0.15) is 0 Å². The average Bonchev–Trinajstić information content (AvgIpc) is 2.59. The highest BCUT2D eigenvalue weighted by molar-refractivity contribution is 7.99. The number of ketones is 1. The van der Waals surface area contributed by atoms with E-state index in [0.717, 1.165) is 0 Å². The van der Waals surface area contributed by atoms with Crippen molar-refractivity contribution in [2.24, 2.45) is 0 Å². The zero-order chi connectivity index (χ0) is 20.8. The molecule has 0 amide bonds. The van der Waals surface area contributed by atoms with Gasteiger partial charge in [0.05, 0.1) is 6.20 Å². The second-order valence-corrected chi connectivity index (χ2v) is 7.21. The molecule has 0 N–H and O–H groups in total. The molecule has 28 heavy (non-hydrogen) atoms. The summed E-state index contributed by atoms with van der Waals surface area (Å²) in [6.45, 7) is 5.05. The Hall–Kier alpha value is -2.62. The number of hydrogen-bond acceptors (Lipinski definition) is 10. The van der Waals surface area contributed by atoms with Gasteiger partial charge in [0.1, 0.15) is 5.75 Å². The maximum atomic E-state index is 11.6. The minimum absolute atomic E-state index is 0.182. The van der Waals surface area contributed by atoms with E-state index in [1.165, 1.54) is 57.9 Å². The summed E-state index contributed by atoms with van der Waals surface area (Å²) < 4.78 is 21.7. The van der Waals surface area contributed by atoms with Crippen LogP contribution < -0.4 is 4.74 Å². The Morgan fingerprint density at radius 2 is 1.54 bits per heavy atom. The van der Waals surface area contributed by atoms with Gasteiger partial charge in [-0.3, -0.25) is 24.2 Å². The molecule has 0 aliphatic carbocycles. The number of rotatable bonds is 6. The van der Waals surface area contributed by atoms with E-state index in [1.54, 1.807) is 0 Å². The summed E-state index contributed by atoms with van der Waals surface area (Å²) in [6.07, 6.45) is -0.0645. The minimum atomic E-state index is -1.04. The molecule has 2 rings (SSSR count). The first-order chi connectivity index (χ1) is 13.2. The van der Waals surface area contributed by atoms with Crippen molar-refractivity contribution in [3.8, 4) is 5.75 Å². The number of Topliss-reactive ketones (excluding diaryl/α,β-unsaturated/α-hetero) is 1. The normalized spacial score (nSPS) is 24.0. The van der Waals surface area contributed by atoms with E-state index in [0.29, 0.717) is 5.56 Å². The predicted molar refractivity (Wildman–Crippen MR) is 97.8 cm³/mol. The number of thioether (sulfide) groups is 1. The second kappa shape index (κ2) is 9.54. The van der Waals surface area contributed by atoms with Gasteiger partial charge in [-0.15, -0.1) is 11.8 Å². The lowest BCUT2D eigenvalue weighted by Crippen LogP contribution is -2.55. The number of carbonyl (C=O) groups is 4. The van der Waals surface area contributed by atoms with Gasteiger partial charge in [0, 0.05) is 38.3 Å². The van der Waals surface area contributed by atoms with Crippen molar-refractivity contribution in [1.82, 2.24) is 4.98 Å². The molecule has 1 aromatic rings. The highest BCUT2D eigenvalue weighted by Gasteiger charge is 2.47. The Bertz CT molecular complexity index is 768. The van der Waals surface area contributed by atoms with Gasteiger partial charge in [0.2, 0.25) is 0 Å². The first-order valence-electron chi connectivity index (χ1n) is 8.43. The molecule has 2 heterocycles. The third-order valence-electron chi connectivity index (χ3n) is 3.68. The van der Waals surface area contributed by atoms with Gasteiger partial charge in [-0.25, -0.2) is 0 Å². The van der Waals surface area contributed by atoms with Crippen LogP contribution in [0.4, 0.5) is 0 Å². The summed E-state index contributed by atoms with van der Waals surface area (Å²) in [5.41, 5.74) is -0.416. The van der Waals surface area contributed by atoms with Crippen LogP contribution in [0.3, 0.4) is 0 Å². The third kappa shape index (κ3) is 5.95. The molecule has 1 aromatic heterocycles. The molecule has 0 spiro atoms. The van der Waals surface area contributed by atoms with Gasteiger partial charge in [0.15, 0.2) is 29.5 Å². The molecule has 1 fully saturated rings. The van der Waals surface area contributed by atoms with E-state index >= 15 is 0 Å². The summed E-state index contributed by atoms with van der Waals surface area (Å²) in [6, 6.07) is 1.51. The van der Waals surface area contributed by atoms with Crippen LogP contribution in [0.1, 0.15) is 38.1 Å². The van der Waals surface area contributed by atoms with E-state index in [1.807, 2.05) is 0 Å². The molecular formula is C18H21NO8S. The molecule has 1 saturated heterocycles. The second-order valence-electron chi connectivity index (χ2n) is 6.08. The summed E-state index contributed by atoms with van der Waals surface area (Å²) >= 11 is 1.22. The van der Waals surface area contributed by atoms with E-state index in [-0.39, 0.29) is 17.3 Å². The van der Waals surface area contributed by atoms with E-state index in [2.05, 4.69) is 4.98 Å². The molecule has 4 atom stereocenters. The SMILES string of the molecule is CC(=O)O[C@H]1[C@H](OC(C)=O)CSC(Oc2cncc(C(C)=O)c2)[C@@H]1OC(C)=O. The van der Waals surface area contributed by atoms with Crippen LogP contribution in [0.5, 0.6) is 5.75 Å². The number of nitrogens with zero attached hydrogens (tertiary/aromatic N) is 1. The molecule has 9 nitrogen and oxygen atoms in total. The highest BCUT2D eigenvalue weighted by Crippen LogP contribution is 2.34.